The second kappa shape index (κ2) is 9.35. The fraction of sp³-hybridized carbons (Fsp3) is 0.179. The van der Waals surface area contributed by atoms with Crippen molar-refractivity contribution in [1.29, 1.82) is 0 Å². The molecule has 1 aromatic heterocycles. The average Bonchev–Trinajstić information content (AvgIpc) is 2.89. The Hall–Kier alpha value is -3.83. The molecule has 0 aliphatic carbocycles. The van der Waals surface area contributed by atoms with E-state index in [1.54, 1.807) is 24.3 Å². The smallest absolute Gasteiger partial charge is 0.254 e. The van der Waals surface area contributed by atoms with E-state index >= 15 is 0 Å². The minimum atomic E-state index is -0.123. The molecule has 1 aliphatic rings. The lowest BCUT2D eigenvalue weighted by Crippen LogP contribution is -2.48. The van der Waals surface area contributed by atoms with Crippen LogP contribution in [0.15, 0.2) is 91.1 Å². The number of nitrogens with zero attached hydrogens (tertiary/aromatic N) is 3. The van der Waals surface area contributed by atoms with Gasteiger partial charge < -0.3 is 4.90 Å². The maximum atomic E-state index is 13.3. The molecule has 4 aromatic rings. The number of para-hydroxylation sites is 1. The zero-order valence-corrected chi connectivity index (χ0v) is 18.4. The first-order valence-corrected chi connectivity index (χ1v) is 11.2. The SMILES string of the molecule is O=C(c1ccccc1)c1ccccc1C(=O)N1CCN(Cc2cccc3cccnc23)CC1. The van der Waals surface area contributed by atoms with Gasteiger partial charge in [0.15, 0.2) is 5.78 Å². The molecule has 3 aromatic carbocycles. The van der Waals surface area contributed by atoms with Crippen molar-refractivity contribution in [3.05, 3.63) is 113 Å². The molecule has 0 spiro atoms. The van der Waals surface area contributed by atoms with Gasteiger partial charge in [-0.05, 0) is 17.7 Å². The minimum absolute atomic E-state index is 0.0821. The van der Waals surface area contributed by atoms with Gasteiger partial charge in [0.05, 0.1) is 11.1 Å². The molecule has 164 valence electrons. The highest BCUT2D eigenvalue weighted by Gasteiger charge is 2.26. The summed E-state index contributed by atoms with van der Waals surface area (Å²) < 4.78 is 0. The van der Waals surface area contributed by atoms with Crippen molar-refractivity contribution < 1.29 is 9.59 Å². The van der Waals surface area contributed by atoms with Crippen molar-refractivity contribution in [1.82, 2.24) is 14.8 Å². The van der Waals surface area contributed by atoms with Crippen LogP contribution in [0.1, 0.15) is 31.8 Å². The number of fused-ring (bicyclic) bond motifs is 1. The lowest BCUT2D eigenvalue weighted by atomic mass is 9.97. The van der Waals surface area contributed by atoms with Gasteiger partial charge in [-0.2, -0.15) is 0 Å². The van der Waals surface area contributed by atoms with E-state index in [2.05, 4.69) is 34.1 Å². The van der Waals surface area contributed by atoms with Crippen LogP contribution in [0.3, 0.4) is 0 Å². The molecular weight excluding hydrogens is 410 g/mol. The normalized spacial score (nSPS) is 14.4. The van der Waals surface area contributed by atoms with Crippen LogP contribution in [0.25, 0.3) is 10.9 Å². The summed E-state index contributed by atoms with van der Waals surface area (Å²) in [6.45, 7) is 3.63. The Kier molecular flexibility index (Phi) is 5.96. The molecule has 1 saturated heterocycles. The molecule has 1 fully saturated rings. The van der Waals surface area contributed by atoms with Crippen LogP contribution in [0.5, 0.6) is 0 Å². The summed E-state index contributed by atoms with van der Waals surface area (Å²) in [5, 5.41) is 1.14. The second-order valence-electron chi connectivity index (χ2n) is 8.30. The Bertz CT molecular complexity index is 1290. The van der Waals surface area contributed by atoms with Gasteiger partial charge in [-0.3, -0.25) is 19.5 Å². The summed E-state index contributed by atoms with van der Waals surface area (Å²) in [4.78, 5) is 35.1. The van der Waals surface area contributed by atoms with Crippen molar-refractivity contribution in [3.8, 4) is 0 Å². The fourth-order valence-electron chi connectivity index (χ4n) is 4.43. The molecule has 1 amide bonds. The summed E-state index contributed by atoms with van der Waals surface area (Å²) in [5.41, 5.74) is 3.75. The molecule has 33 heavy (non-hydrogen) atoms. The topological polar surface area (TPSA) is 53.5 Å². The first-order valence-electron chi connectivity index (χ1n) is 11.2. The fourth-order valence-corrected chi connectivity index (χ4v) is 4.43. The maximum Gasteiger partial charge on any atom is 0.254 e. The van der Waals surface area contributed by atoms with Gasteiger partial charge in [-0.25, -0.2) is 0 Å². The number of carbonyl (C=O) groups excluding carboxylic acids is 2. The first kappa shape index (κ1) is 21.0. The van der Waals surface area contributed by atoms with E-state index < -0.39 is 0 Å². The van der Waals surface area contributed by atoms with E-state index in [1.807, 2.05) is 47.5 Å². The Balaban J connectivity index is 1.28. The van der Waals surface area contributed by atoms with E-state index in [1.165, 1.54) is 5.56 Å². The number of piperazine rings is 1. The summed E-state index contributed by atoms with van der Waals surface area (Å²) in [6.07, 6.45) is 1.83. The molecule has 0 bridgehead atoms. The molecular formula is C28H25N3O2. The number of amides is 1. The van der Waals surface area contributed by atoms with Gasteiger partial charge in [0.25, 0.3) is 5.91 Å². The largest absolute Gasteiger partial charge is 0.336 e. The first-order chi connectivity index (χ1) is 16.2. The molecule has 2 heterocycles. The molecule has 5 heteroatoms. The van der Waals surface area contributed by atoms with Gasteiger partial charge in [-0.15, -0.1) is 0 Å². The molecule has 0 atom stereocenters. The average molecular weight is 436 g/mol. The lowest BCUT2D eigenvalue weighted by Gasteiger charge is -2.35. The van der Waals surface area contributed by atoms with E-state index in [0.717, 1.165) is 30.5 Å². The number of hydrogen-bond donors (Lipinski definition) is 0. The van der Waals surface area contributed by atoms with Crippen molar-refractivity contribution in [3.63, 3.8) is 0 Å². The van der Waals surface area contributed by atoms with E-state index in [9.17, 15) is 9.59 Å². The third-order valence-corrected chi connectivity index (χ3v) is 6.21. The Morgan fingerprint density at radius 2 is 1.42 bits per heavy atom. The van der Waals surface area contributed by atoms with Crippen LogP contribution in [0.2, 0.25) is 0 Å². The van der Waals surface area contributed by atoms with Crippen LogP contribution in [-0.2, 0) is 6.54 Å². The van der Waals surface area contributed by atoms with Gasteiger partial charge >= 0.3 is 0 Å². The summed E-state index contributed by atoms with van der Waals surface area (Å²) in [5.74, 6) is -0.206. The number of benzene rings is 3. The van der Waals surface area contributed by atoms with Crippen molar-refractivity contribution in [2.24, 2.45) is 0 Å². The monoisotopic (exact) mass is 435 g/mol. The molecule has 0 saturated carbocycles. The summed E-state index contributed by atoms with van der Waals surface area (Å²) >= 11 is 0. The Morgan fingerprint density at radius 1 is 0.727 bits per heavy atom. The number of aromatic nitrogens is 1. The zero-order chi connectivity index (χ0) is 22.6. The van der Waals surface area contributed by atoms with Gasteiger partial charge in [0, 0.05) is 55.4 Å². The van der Waals surface area contributed by atoms with E-state index in [-0.39, 0.29) is 11.7 Å². The molecule has 0 N–H and O–H groups in total. The standard InChI is InChI=1S/C28H25N3O2/c32-27(22-8-2-1-3-9-22)24-13-4-5-14-25(24)28(33)31-18-16-30(17-19-31)20-23-11-6-10-21-12-7-15-29-26(21)23/h1-15H,16-20H2. The highest BCUT2D eigenvalue weighted by atomic mass is 16.2. The number of pyridine rings is 1. The highest BCUT2D eigenvalue weighted by molar-refractivity contribution is 6.15. The quantitative estimate of drug-likeness (QED) is 0.436. The van der Waals surface area contributed by atoms with Crippen LogP contribution >= 0.6 is 0 Å². The number of carbonyl (C=O) groups is 2. The van der Waals surface area contributed by atoms with Crippen LogP contribution in [-0.4, -0.2) is 52.7 Å². The predicted molar refractivity (Wildman–Crippen MR) is 129 cm³/mol. The van der Waals surface area contributed by atoms with Gasteiger partial charge in [0.1, 0.15) is 0 Å². The summed E-state index contributed by atoms with van der Waals surface area (Å²) in [7, 11) is 0. The molecule has 0 unspecified atom stereocenters. The van der Waals surface area contributed by atoms with Crippen LogP contribution in [0, 0.1) is 0 Å². The Labute approximate surface area is 193 Å². The van der Waals surface area contributed by atoms with Crippen molar-refractivity contribution >= 4 is 22.6 Å². The van der Waals surface area contributed by atoms with Crippen molar-refractivity contribution in [2.45, 2.75) is 6.54 Å². The van der Waals surface area contributed by atoms with E-state index in [4.69, 9.17) is 0 Å². The summed E-state index contributed by atoms with van der Waals surface area (Å²) in [6, 6.07) is 26.5. The molecule has 5 rings (SSSR count). The molecule has 5 nitrogen and oxygen atoms in total. The third-order valence-electron chi connectivity index (χ3n) is 6.21. The minimum Gasteiger partial charge on any atom is -0.336 e. The van der Waals surface area contributed by atoms with Crippen LogP contribution in [0.4, 0.5) is 0 Å². The van der Waals surface area contributed by atoms with Gasteiger partial charge in [-0.1, -0.05) is 72.8 Å². The lowest BCUT2D eigenvalue weighted by molar-refractivity contribution is 0.0626. The molecule has 1 aliphatic heterocycles. The molecule has 0 radical (unpaired) electrons. The maximum absolute atomic E-state index is 13.3. The third kappa shape index (κ3) is 4.41. The van der Waals surface area contributed by atoms with Gasteiger partial charge in [0.2, 0.25) is 0 Å². The van der Waals surface area contributed by atoms with Crippen LogP contribution < -0.4 is 0 Å². The Morgan fingerprint density at radius 3 is 2.21 bits per heavy atom. The predicted octanol–water partition coefficient (Wildman–Crippen LogP) is 4.42. The zero-order valence-electron chi connectivity index (χ0n) is 18.4. The van der Waals surface area contributed by atoms with E-state index in [0.29, 0.717) is 29.8 Å². The number of ketones is 1. The number of hydrogen-bond acceptors (Lipinski definition) is 4. The van der Waals surface area contributed by atoms with Crippen molar-refractivity contribution in [2.75, 3.05) is 26.2 Å². The highest BCUT2D eigenvalue weighted by Crippen LogP contribution is 2.20. The number of rotatable bonds is 5. The second-order valence-corrected chi connectivity index (χ2v) is 8.30.